The second-order valence-electron chi connectivity index (χ2n) is 7.90. The molecule has 6 heteroatoms. The zero-order valence-electron chi connectivity index (χ0n) is 15.9. The van der Waals surface area contributed by atoms with Crippen molar-refractivity contribution in [3.63, 3.8) is 0 Å². The molecular weight excluding hydrogens is 356 g/mol. The summed E-state index contributed by atoms with van der Waals surface area (Å²) >= 11 is 0. The van der Waals surface area contributed by atoms with Gasteiger partial charge in [0.25, 0.3) is 5.91 Å². The molecule has 0 unspecified atom stereocenters. The molecule has 0 atom stereocenters. The van der Waals surface area contributed by atoms with E-state index in [4.69, 9.17) is 4.74 Å². The molecule has 4 rings (SSSR count). The zero-order valence-corrected chi connectivity index (χ0v) is 15.9. The maximum atomic E-state index is 12.7. The van der Waals surface area contributed by atoms with Crippen LogP contribution in [0.4, 0.5) is 11.4 Å². The number of carbonyl (C=O) groups excluding carboxylic acids is 3. The predicted octanol–water partition coefficient (Wildman–Crippen LogP) is 3.96. The SMILES string of the molecule is CC1(C)CC(=O)c2cc(NC(=O)c3ccc4c(c3)CCCC(=O)N4)ccc2O1. The van der Waals surface area contributed by atoms with Gasteiger partial charge in [0.05, 0.1) is 12.0 Å². The molecule has 2 aromatic carbocycles. The number of ether oxygens (including phenoxy) is 1. The van der Waals surface area contributed by atoms with E-state index >= 15 is 0 Å². The number of hydrogen-bond acceptors (Lipinski definition) is 4. The van der Waals surface area contributed by atoms with Gasteiger partial charge in [-0.2, -0.15) is 0 Å². The molecular formula is C22H22N2O4. The van der Waals surface area contributed by atoms with E-state index in [1.807, 2.05) is 19.9 Å². The molecule has 0 radical (unpaired) electrons. The van der Waals surface area contributed by atoms with Crippen LogP contribution in [0.25, 0.3) is 0 Å². The second kappa shape index (κ2) is 6.78. The number of amides is 2. The standard InChI is InChI=1S/C22H22N2O4/c1-22(2)12-18(25)16-11-15(7-9-19(16)28-22)23-21(27)14-6-8-17-13(10-14)4-3-5-20(26)24-17/h6-11H,3-5,12H2,1-2H3,(H,23,27)(H,24,26). The fraction of sp³-hybridized carbons (Fsp3) is 0.318. The van der Waals surface area contributed by atoms with Crippen LogP contribution in [0, 0.1) is 0 Å². The molecule has 2 aliphatic rings. The Hall–Kier alpha value is -3.15. The number of fused-ring (bicyclic) bond motifs is 2. The van der Waals surface area contributed by atoms with Gasteiger partial charge in [-0.3, -0.25) is 14.4 Å². The largest absolute Gasteiger partial charge is 0.487 e. The summed E-state index contributed by atoms with van der Waals surface area (Å²) in [6.07, 6.45) is 2.29. The van der Waals surface area contributed by atoms with Crippen LogP contribution < -0.4 is 15.4 Å². The maximum Gasteiger partial charge on any atom is 0.255 e. The van der Waals surface area contributed by atoms with E-state index in [0.29, 0.717) is 35.4 Å². The first-order valence-electron chi connectivity index (χ1n) is 9.41. The van der Waals surface area contributed by atoms with Crippen molar-refractivity contribution in [3.8, 4) is 5.75 Å². The predicted molar refractivity (Wildman–Crippen MR) is 106 cm³/mol. The Morgan fingerprint density at radius 2 is 1.93 bits per heavy atom. The molecule has 0 aromatic heterocycles. The fourth-order valence-electron chi connectivity index (χ4n) is 3.65. The summed E-state index contributed by atoms with van der Waals surface area (Å²) < 4.78 is 5.85. The van der Waals surface area contributed by atoms with Crippen LogP contribution in [-0.2, 0) is 11.2 Å². The minimum atomic E-state index is -0.522. The molecule has 0 saturated heterocycles. The summed E-state index contributed by atoms with van der Waals surface area (Å²) in [6, 6.07) is 10.4. The molecule has 6 nitrogen and oxygen atoms in total. The highest BCUT2D eigenvalue weighted by Gasteiger charge is 2.32. The van der Waals surface area contributed by atoms with Crippen molar-refractivity contribution < 1.29 is 19.1 Å². The van der Waals surface area contributed by atoms with Gasteiger partial charge >= 0.3 is 0 Å². The summed E-state index contributed by atoms with van der Waals surface area (Å²) in [5.74, 6) is 0.283. The molecule has 0 bridgehead atoms. The highest BCUT2D eigenvalue weighted by atomic mass is 16.5. The van der Waals surface area contributed by atoms with Crippen molar-refractivity contribution in [3.05, 3.63) is 53.1 Å². The molecule has 2 amide bonds. The molecule has 2 aliphatic heterocycles. The molecule has 144 valence electrons. The average molecular weight is 378 g/mol. The van der Waals surface area contributed by atoms with Crippen LogP contribution in [0.2, 0.25) is 0 Å². The number of ketones is 1. The average Bonchev–Trinajstić information content (AvgIpc) is 2.81. The summed E-state index contributed by atoms with van der Waals surface area (Å²) in [6.45, 7) is 3.76. The number of hydrogen-bond donors (Lipinski definition) is 2. The van der Waals surface area contributed by atoms with Crippen molar-refractivity contribution in [2.24, 2.45) is 0 Å². The summed E-state index contributed by atoms with van der Waals surface area (Å²) in [5, 5.41) is 5.71. The number of rotatable bonds is 2. The minimum absolute atomic E-state index is 0.0000690. The van der Waals surface area contributed by atoms with E-state index in [0.717, 1.165) is 24.1 Å². The Balaban J connectivity index is 1.55. The number of aryl methyl sites for hydroxylation is 1. The van der Waals surface area contributed by atoms with Crippen LogP contribution >= 0.6 is 0 Å². The van der Waals surface area contributed by atoms with Gasteiger partial charge in [0.2, 0.25) is 5.91 Å². The molecule has 2 heterocycles. The fourth-order valence-corrected chi connectivity index (χ4v) is 3.65. The van der Waals surface area contributed by atoms with Gasteiger partial charge in [-0.25, -0.2) is 0 Å². The molecule has 0 saturated carbocycles. The van der Waals surface area contributed by atoms with Crippen LogP contribution in [0.1, 0.15) is 59.4 Å². The van der Waals surface area contributed by atoms with Gasteiger partial charge in [-0.1, -0.05) is 0 Å². The van der Waals surface area contributed by atoms with Crippen molar-refractivity contribution in [1.82, 2.24) is 0 Å². The third-order valence-electron chi connectivity index (χ3n) is 5.00. The number of carbonyl (C=O) groups is 3. The lowest BCUT2D eigenvalue weighted by Crippen LogP contribution is -2.35. The first-order valence-corrected chi connectivity index (χ1v) is 9.41. The van der Waals surface area contributed by atoms with E-state index in [2.05, 4.69) is 10.6 Å². The quantitative estimate of drug-likeness (QED) is 0.828. The maximum absolute atomic E-state index is 12.7. The lowest BCUT2D eigenvalue weighted by Gasteiger charge is -2.31. The third kappa shape index (κ3) is 3.63. The van der Waals surface area contributed by atoms with Gasteiger partial charge in [-0.05, 0) is 68.7 Å². The number of anilines is 2. The summed E-state index contributed by atoms with van der Waals surface area (Å²) in [5.41, 5.74) is 2.74. The zero-order chi connectivity index (χ0) is 19.9. The lowest BCUT2D eigenvalue weighted by molar-refractivity contribution is -0.116. The monoisotopic (exact) mass is 378 g/mol. The van der Waals surface area contributed by atoms with E-state index in [1.165, 1.54) is 0 Å². The van der Waals surface area contributed by atoms with Crippen LogP contribution in [0.3, 0.4) is 0 Å². The van der Waals surface area contributed by atoms with E-state index < -0.39 is 5.60 Å². The Morgan fingerprint density at radius 3 is 2.75 bits per heavy atom. The van der Waals surface area contributed by atoms with E-state index in [1.54, 1.807) is 30.3 Å². The van der Waals surface area contributed by atoms with E-state index in [-0.39, 0.29) is 17.6 Å². The van der Waals surface area contributed by atoms with Gasteiger partial charge in [0.15, 0.2) is 5.78 Å². The Kier molecular flexibility index (Phi) is 4.41. The highest BCUT2D eigenvalue weighted by Crippen LogP contribution is 2.34. The summed E-state index contributed by atoms with van der Waals surface area (Å²) in [4.78, 5) is 36.8. The molecule has 0 fully saturated rings. The number of Topliss-reactive ketones (excluding diaryl/α,β-unsaturated/α-hetero) is 1. The lowest BCUT2D eigenvalue weighted by atomic mass is 9.93. The smallest absolute Gasteiger partial charge is 0.255 e. The van der Waals surface area contributed by atoms with Gasteiger partial charge in [-0.15, -0.1) is 0 Å². The molecule has 0 aliphatic carbocycles. The van der Waals surface area contributed by atoms with Crippen molar-refractivity contribution in [2.75, 3.05) is 10.6 Å². The Labute approximate surface area is 163 Å². The molecule has 0 spiro atoms. The third-order valence-corrected chi connectivity index (χ3v) is 5.00. The Bertz CT molecular complexity index is 994. The van der Waals surface area contributed by atoms with E-state index in [9.17, 15) is 14.4 Å². The number of nitrogens with one attached hydrogen (secondary N) is 2. The topological polar surface area (TPSA) is 84.5 Å². The summed E-state index contributed by atoms with van der Waals surface area (Å²) in [7, 11) is 0. The van der Waals surface area contributed by atoms with Crippen molar-refractivity contribution >= 4 is 29.0 Å². The van der Waals surface area contributed by atoms with Gasteiger partial charge in [0, 0.05) is 23.4 Å². The molecule has 2 N–H and O–H groups in total. The first-order chi connectivity index (χ1) is 13.3. The van der Waals surface area contributed by atoms with Gasteiger partial charge < -0.3 is 15.4 Å². The second-order valence-corrected chi connectivity index (χ2v) is 7.90. The highest BCUT2D eigenvalue weighted by molar-refractivity contribution is 6.07. The first kappa shape index (κ1) is 18.2. The van der Waals surface area contributed by atoms with Crippen molar-refractivity contribution in [1.29, 1.82) is 0 Å². The number of benzene rings is 2. The van der Waals surface area contributed by atoms with Crippen LogP contribution in [-0.4, -0.2) is 23.2 Å². The molecule has 2 aromatic rings. The van der Waals surface area contributed by atoms with Crippen molar-refractivity contribution in [2.45, 2.75) is 45.1 Å². The van der Waals surface area contributed by atoms with Crippen LogP contribution in [0.5, 0.6) is 5.75 Å². The Morgan fingerprint density at radius 1 is 1.11 bits per heavy atom. The minimum Gasteiger partial charge on any atom is -0.487 e. The van der Waals surface area contributed by atoms with Gasteiger partial charge in [0.1, 0.15) is 11.4 Å². The molecule has 28 heavy (non-hydrogen) atoms. The normalized spacial score (nSPS) is 17.5. The van der Waals surface area contributed by atoms with Crippen LogP contribution in [0.15, 0.2) is 36.4 Å².